The van der Waals surface area contributed by atoms with Gasteiger partial charge >= 0.3 is 0 Å². The summed E-state index contributed by atoms with van der Waals surface area (Å²) in [4.78, 5) is 25.1. The Balaban J connectivity index is 1.58. The van der Waals surface area contributed by atoms with Crippen LogP contribution < -0.4 is 0 Å². The molecular formula is C28H36O5S. The Morgan fingerprint density at radius 2 is 1.76 bits per heavy atom. The molecule has 1 aromatic rings. The van der Waals surface area contributed by atoms with Crippen LogP contribution in [0.3, 0.4) is 0 Å². The zero-order valence-electron chi connectivity index (χ0n) is 20.7. The molecule has 0 spiro atoms. The SMILES string of the molecule is CC(=O)[C@H]1CC[C@H]2[C@@H]3CCC4=CC(=O)CC[C@]4(C)[C@H]3[C@H](OS(=O)(=O)c3ccc(C)cc3)C[C@]12C. The fraction of sp³-hybridized carbons (Fsp3) is 0.643. The fourth-order valence-corrected chi connectivity index (χ4v) is 9.42. The van der Waals surface area contributed by atoms with E-state index in [1.807, 2.05) is 13.0 Å². The standard InChI is InChI=1S/C28H36O5S/c1-17-5-8-21(9-6-17)34(31,32)33-25-16-28(4)23(18(2)29)11-12-24(28)22-10-7-19-15-20(30)13-14-27(19,3)26(22)25/h5-6,8-9,15,22-26H,7,10-14,16H2,1-4H3/t22-,23+,24-,25+,26+,27-,28+/m0/s1. The van der Waals surface area contributed by atoms with E-state index in [4.69, 9.17) is 4.18 Å². The number of carbonyl (C=O) groups excluding carboxylic acids is 2. The van der Waals surface area contributed by atoms with Crippen LogP contribution in [-0.2, 0) is 23.9 Å². The van der Waals surface area contributed by atoms with Crippen molar-refractivity contribution in [1.29, 1.82) is 0 Å². The molecule has 0 aromatic heterocycles. The molecular weight excluding hydrogens is 448 g/mol. The number of aryl methyl sites for hydroxylation is 1. The van der Waals surface area contributed by atoms with E-state index in [-0.39, 0.29) is 45.0 Å². The van der Waals surface area contributed by atoms with Crippen LogP contribution >= 0.6 is 0 Å². The number of rotatable bonds is 4. The van der Waals surface area contributed by atoms with Crippen molar-refractivity contribution >= 4 is 21.7 Å². The van der Waals surface area contributed by atoms with Gasteiger partial charge in [0.1, 0.15) is 5.78 Å². The number of allylic oxidation sites excluding steroid dienone is 1. The van der Waals surface area contributed by atoms with E-state index in [0.29, 0.717) is 18.8 Å². The molecule has 5 nitrogen and oxygen atoms in total. The molecule has 0 bridgehead atoms. The third kappa shape index (κ3) is 3.63. The molecule has 34 heavy (non-hydrogen) atoms. The Bertz CT molecular complexity index is 1150. The highest BCUT2D eigenvalue weighted by Gasteiger charge is 2.63. The number of benzene rings is 1. The molecule has 3 fully saturated rings. The Labute approximate surface area is 203 Å². The summed E-state index contributed by atoms with van der Waals surface area (Å²) >= 11 is 0. The second-order valence-electron chi connectivity index (χ2n) is 11.7. The van der Waals surface area contributed by atoms with Gasteiger partial charge in [-0.15, -0.1) is 0 Å². The molecule has 6 heteroatoms. The molecule has 0 heterocycles. The Morgan fingerprint density at radius 3 is 2.44 bits per heavy atom. The van der Waals surface area contributed by atoms with E-state index >= 15 is 0 Å². The van der Waals surface area contributed by atoms with Crippen LogP contribution in [-0.4, -0.2) is 26.1 Å². The number of hydrogen-bond acceptors (Lipinski definition) is 5. The zero-order chi connectivity index (χ0) is 24.5. The average Bonchev–Trinajstić information content (AvgIpc) is 3.11. The van der Waals surface area contributed by atoms with Crippen LogP contribution in [0.25, 0.3) is 0 Å². The first-order valence-electron chi connectivity index (χ1n) is 12.7. The summed E-state index contributed by atoms with van der Waals surface area (Å²) in [7, 11) is -3.97. The van der Waals surface area contributed by atoms with Crippen LogP contribution in [0.15, 0.2) is 40.8 Å². The first-order chi connectivity index (χ1) is 16.0. The van der Waals surface area contributed by atoms with Crippen LogP contribution in [0.5, 0.6) is 0 Å². The van der Waals surface area contributed by atoms with Gasteiger partial charge in [-0.05, 0) is 99.2 Å². The summed E-state index contributed by atoms with van der Waals surface area (Å²) in [5.74, 6) is 1.01. The zero-order valence-corrected chi connectivity index (χ0v) is 21.5. The minimum atomic E-state index is -3.97. The van der Waals surface area contributed by atoms with E-state index < -0.39 is 16.2 Å². The maximum atomic E-state index is 13.5. The van der Waals surface area contributed by atoms with E-state index in [0.717, 1.165) is 43.2 Å². The van der Waals surface area contributed by atoms with Gasteiger partial charge in [-0.3, -0.25) is 13.8 Å². The molecule has 0 amide bonds. The minimum absolute atomic E-state index is 0.0182. The van der Waals surface area contributed by atoms with Crippen LogP contribution in [0, 0.1) is 41.4 Å². The molecule has 0 N–H and O–H groups in total. The highest BCUT2D eigenvalue weighted by molar-refractivity contribution is 7.86. The van der Waals surface area contributed by atoms with E-state index in [1.165, 1.54) is 0 Å². The predicted molar refractivity (Wildman–Crippen MR) is 130 cm³/mol. The van der Waals surface area contributed by atoms with Gasteiger partial charge in [0.2, 0.25) is 0 Å². The molecule has 4 aliphatic carbocycles. The summed E-state index contributed by atoms with van der Waals surface area (Å²) in [6.07, 6.45) is 6.79. The Hall–Kier alpha value is -1.79. The molecule has 3 saturated carbocycles. The van der Waals surface area contributed by atoms with E-state index in [9.17, 15) is 18.0 Å². The lowest BCUT2D eigenvalue weighted by molar-refractivity contribution is -0.139. The average molecular weight is 485 g/mol. The van der Waals surface area contributed by atoms with Crippen molar-refractivity contribution < 1.29 is 22.2 Å². The molecule has 0 unspecified atom stereocenters. The van der Waals surface area contributed by atoms with Crippen molar-refractivity contribution in [2.24, 2.45) is 34.5 Å². The van der Waals surface area contributed by atoms with Crippen LogP contribution in [0.2, 0.25) is 0 Å². The quantitative estimate of drug-likeness (QED) is 0.534. The van der Waals surface area contributed by atoms with Crippen molar-refractivity contribution in [2.45, 2.75) is 83.6 Å². The largest absolute Gasteiger partial charge is 0.300 e. The number of ketones is 2. The highest BCUT2D eigenvalue weighted by Crippen LogP contribution is 2.67. The minimum Gasteiger partial charge on any atom is -0.300 e. The number of fused-ring (bicyclic) bond motifs is 5. The second kappa shape index (κ2) is 8.12. The maximum Gasteiger partial charge on any atom is 0.297 e. The summed E-state index contributed by atoms with van der Waals surface area (Å²) in [6, 6.07) is 6.79. The molecule has 0 radical (unpaired) electrons. The molecule has 7 atom stereocenters. The lowest BCUT2D eigenvalue weighted by Gasteiger charge is -2.60. The van der Waals surface area contributed by atoms with E-state index in [1.54, 1.807) is 31.2 Å². The lowest BCUT2D eigenvalue weighted by atomic mass is 9.46. The van der Waals surface area contributed by atoms with Gasteiger partial charge in [-0.1, -0.05) is 37.1 Å². The Kier molecular flexibility index (Phi) is 5.72. The summed E-state index contributed by atoms with van der Waals surface area (Å²) in [6.45, 7) is 8.02. The highest BCUT2D eigenvalue weighted by atomic mass is 32.2. The van der Waals surface area contributed by atoms with Gasteiger partial charge in [0.25, 0.3) is 10.1 Å². The van der Waals surface area contributed by atoms with Crippen molar-refractivity contribution in [1.82, 2.24) is 0 Å². The van der Waals surface area contributed by atoms with Gasteiger partial charge in [0.15, 0.2) is 5.78 Å². The van der Waals surface area contributed by atoms with Crippen LogP contribution in [0.4, 0.5) is 0 Å². The number of Topliss-reactive ketones (excluding diaryl/α,β-unsaturated/α-hetero) is 1. The third-order valence-electron chi connectivity index (χ3n) is 9.92. The molecule has 184 valence electrons. The second-order valence-corrected chi connectivity index (χ2v) is 13.3. The predicted octanol–water partition coefficient (Wildman–Crippen LogP) is 5.42. The fourth-order valence-electron chi connectivity index (χ4n) is 8.33. The Morgan fingerprint density at radius 1 is 1.06 bits per heavy atom. The van der Waals surface area contributed by atoms with Gasteiger partial charge in [-0.2, -0.15) is 8.42 Å². The van der Waals surface area contributed by atoms with Gasteiger partial charge < -0.3 is 0 Å². The van der Waals surface area contributed by atoms with Crippen LogP contribution in [0.1, 0.15) is 71.3 Å². The molecule has 0 aliphatic heterocycles. The molecule has 0 saturated heterocycles. The summed E-state index contributed by atoms with van der Waals surface area (Å²) in [5.41, 5.74) is 1.64. The molecule has 1 aromatic carbocycles. The summed E-state index contributed by atoms with van der Waals surface area (Å²) in [5, 5.41) is 0. The summed E-state index contributed by atoms with van der Waals surface area (Å²) < 4.78 is 33.1. The van der Waals surface area contributed by atoms with E-state index in [2.05, 4.69) is 13.8 Å². The monoisotopic (exact) mass is 484 g/mol. The van der Waals surface area contributed by atoms with Gasteiger partial charge in [-0.25, -0.2) is 0 Å². The number of carbonyl (C=O) groups is 2. The van der Waals surface area contributed by atoms with Gasteiger partial charge in [0, 0.05) is 12.3 Å². The lowest BCUT2D eigenvalue weighted by Crippen LogP contribution is -2.57. The topological polar surface area (TPSA) is 77.5 Å². The first-order valence-corrected chi connectivity index (χ1v) is 14.1. The van der Waals surface area contributed by atoms with Gasteiger partial charge in [0.05, 0.1) is 11.0 Å². The molecule has 5 rings (SSSR count). The smallest absolute Gasteiger partial charge is 0.297 e. The molecule has 4 aliphatic rings. The van der Waals surface area contributed by atoms with Crippen molar-refractivity contribution in [3.8, 4) is 0 Å². The normalized spacial score (nSPS) is 39.6. The third-order valence-corrected chi connectivity index (χ3v) is 11.3. The van der Waals surface area contributed by atoms with Crippen molar-refractivity contribution in [2.75, 3.05) is 0 Å². The number of hydrogen-bond donors (Lipinski definition) is 0. The first kappa shape index (κ1) is 23.9. The maximum absolute atomic E-state index is 13.5. The van der Waals surface area contributed by atoms with Crippen molar-refractivity contribution in [3.05, 3.63) is 41.5 Å². The van der Waals surface area contributed by atoms with Crippen molar-refractivity contribution in [3.63, 3.8) is 0 Å².